The smallest absolute Gasteiger partial charge is 0.220 e. The topological polar surface area (TPSA) is 26.3 Å². The molecule has 1 unspecified atom stereocenters. The van der Waals surface area contributed by atoms with Gasteiger partial charge in [-0.3, -0.25) is 4.79 Å². The molecule has 2 nitrogen and oxygen atoms in total. The number of thiocarbonyl (C=S) groups is 1. The lowest BCUT2D eigenvalue weighted by molar-refractivity contribution is 0.102. The molecule has 0 saturated carbocycles. The maximum Gasteiger partial charge on any atom is 0.220 e. The van der Waals surface area contributed by atoms with Crippen molar-refractivity contribution in [1.82, 2.24) is 0 Å². The van der Waals surface area contributed by atoms with E-state index in [0.29, 0.717) is 9.95 Å². The fraction of sp³-hybridized carbons (Fsp3) is 0.385. The Morgan fingerprint density at radius 1 is 1.44 bits per heavy atom. The number of ether oxygens (including phenoxy) is 1. The normalized spacial score (nSPS) is 11.9. The van der Waals surface area contributed by atoms with Gasteiger partial charge in [-0.1, -0.05) is 18.7 Å². The number of rotatable bonds is 5. The predicted molar refractivity (Wildman–Crippen MR) is 76.6 cm³/mol. The summed E-state index contributed by atoms with van der Waals surface area (Å²) in [6.45, 7) is 3.93. The number of Topliss-reactive ketones (excluding diaryl/α,β-unsaturated/α-hetero) is 1. The van der Waals surface area contributed by atoms with Crippen molar-refractivity contribution in [2.24, 2.45) is 0 Å². The molecule has 1 aromatic carbocycles. The van der Waals surface area contributed by atoms with E-state index in [-0.39, 0.29) is 23.5 Å². The second-order valence-electron chi connectivity index (χ2n) is 3.81. The van der Waals surface area contributed by atoms with E-state index in [0.717, 1.165) is 6.42 Å². The predicted octanol–water partition coefficient (Wildman–Crippen LogP) is 3.84. The van der Waals surface area contributed by atoms with E-state index in [1.54, 1.807) is 0 Å². The quantitative estimate of drug-likeness (QED) is 0.607. The van der Waals surface area contributed by atoms with Crippen molar-refractivity contribution in [2.75, 3.05) is 5.75 Å². The van der Waals surface area contributed by atoms with Crippen LogP contribution in [0.1, 0.15) is 30.6 Å². The molecule has 1 atom stereocenters. The molecule has 0 bridgehead atoms. The maximum absolute atomic E-state index is 12.7. The Hall–Kier alpha value is -0.940. The van der Waals surface area contributed by atoms with Crippen LogP contribution < -0.4 is 0 Å². The van der Waals surface area contributed by atoms with E-state index >= 15 is 0 Å². The van der Waals surface area contributed by atoms with E-state index in [1.165, 1.54) is 36.0 Å². The second-order valence-corrected chi connectivity index (χ2v) is 5.38. The largest absolute Gasteiger partial charge is 0.476 e. The third kappa shape index (κ3) is 5.14. The van der Waals surface area contributed by atoms with Gasteiger partial charge in [0.15, 0.2) is 5.78 Å². The zero-order chi connectivity index (χ0) is 13.5. The van der Waals surface area contributed by atoms with Gasteiger partial charge in [0, 0.05) is 5.56 Å². The van der Waals surface area contributed by atoms with Gasteiger partial charge < -0.3 is 4.74 Å². The molecule has 18 heavy (non-hydrogen) atoms. The summed E-state index contributed by atoms with van der Waals surface area (Å²) in [5.74, 6) is -0.231. The van der Waals surface area contributed by atoms with Gasteiger partial charge in [0.25, 0.3) is 0 Å². The third-order valence-electron chi connectivity index (χ3n) is 2.36. The first-order valence-electron chi connectivity index (χ1n) is 5.65. The first-order chi connectivity index (χ1) is 8.52. The number of carbonyl (C=O) groups excluding carboxylic acids is 1. The van der Waals surface area contributed by atoms with Gasteiger partial charge in [0.2, 0.25) is 4.38 Å². The van der Waals surface area contributed by atoms with Crippen molar-refractivity contribution in [2.45, 2.75) is 26.4 Å². The zero-order valence-corrected chi connectivity index (χ0v) is 11.9. The Balaban J connectivity index is 2.41. The number of carbonyl (C=O) groups is 1. The fourth-order valence-corrected chi connectivity index (χ4v) is 2.11. The zero-order valence-electron chi connectivity index (χ0n) is 10.3. The van der Waals surface area contributed by atoms with E-state index in [4.69, 9.17) is 17.0 Å². The van der Waals surface area contributed by atoms with Gasteiger partial charge in [-0.2, -0.15) is 0 Å². The molecule has 0 aromatic heterocycles. The molecule has 1 rings (SSSR count). The summed E-state index contributed by atoms with van der Waals surface area (Å²) in [6.07, 6.45) is 0.929. The van der Waals surface area contributed by atoms with Crippen LogP contribution in [0.25, 0.3) is 0 Å². The fourth-order valence-electron chi connectivity index (χ4n) is 1.13. The van der Waals surface area contributed by atoms with Gasteiger partial charge in [-0.05, 0) is 49.8 Å². The molecule has 5 heteroatoms. The highest BCUT2D eigenvalue weighted by Gasteiger charge is 2.10. The van der Waals surface area contributed by atoms with Crippen LogP contribution in [-0.4, -0.2) is 22.0 Å². The summed E-state index contributed by atoms with van der Waals surface area (Å²) < 4.78 is 18.5. The van der Waals surface area contributed by atoms with Crippen molar-refractivity contribution < 1.29 is 13.9 Å². The summed E-state index contributed by atoms with van der Waals surface area (Å²) in [5.41, 5.74) is 0.482. The van der Waals surface area contributed by atoms with Crippen LogP contribution in [0.4, 0.5) is 4.39 Å². The summed E-state index contributed by atoms with van der Waals surface area (Å²) in [4.78, 5) is 11.8. The molecule has 0 spiro atoms. The van der Waals surface area contributed by atoms with Crippen LogP contribution >= 0.6 is 24.0 Å². The minimum Gasteiger partial charge on any atom is -0.476 e. The highest BCUT2D eigenvalue weighted by Crippen LogP contribution is 2.13. The van der Waals surface area contributed by atoms with E-state index in [1.807, 2.05) is 13.8 Å². The lowest BCUT2D eigenvalue weighted by Crippen LogP contribution is -2.12. The Morgan fingerprint density at radius 3 is 2.61 bits per heavy atom. The van der Waals surface area contributed by atoms with Gasteiger partial charge in [0.1, 0.15) is 5.82 Å². The number of halogens is 1. The van der Waals surface area contributed by atoms with Gasteiger partial charge in [-0.15, -0.1) is 0 Å². The van der Waals surface area contributed by atoms with Crippen LogP contribution in [0.2, 0.25) is 0 Å². The maximum atomic E-state index is 12.7. The highest BCUT2D eigenvalue weighted by atomic mass is 32.2. The van der Waals surface area contributed by atoms with Crippen LogP contribution in [0, 0.1) is 5.82 Å². The van der Waals surface area contributed by atoms with Crippen molar-refractivity contribution >= 4 is 34.1 Å². The van der Waals surface area contributed by atoms with Gasteiger partial charge in [-0.25, -0.2) is 4.39 Å². The monoisotopic (exact) mass is 286 g/mol. The minimum absolute atomic E-state index is 0.0610. The highest BCUT2D eigenvalue weighted by molar-refractivity contribution is 8.23. The third-order valence-corrected chi connectivity index (χ3v) is 3.55. The van der Waals surface area contributed by atoms with Crippen molar-refractivity contribution in [1.29, 1.82) is 0 Å². The summed E-state index contributed by atoms with van der Waals surface area (Å²) in [5, 5.41) is 0. The first kappa shape index (κ1) is 15.1. The molecule has 0 amide bonds. The molecule has 0 saturated heterocycles. The van der Waals surface area contributed by atoms with Gasteiger partial charge >= 0.3 is 0 Å². The molecule has 0 aliphatic carbocycles. The molecule has 1 aromatic rings. The van der Waals surface area contributed by atoms with Crippen molar-refractivity contribution in [3.8, 4) is 0 Å². The molecular formula is C13H15FO2S2. The molecule has 0 radical (unpaired) electrons. The molecule has 0 aliphatic heterocycles. The van der Waals surface area contributed by atoms with Crippen molar-refractivity contribution in [3.05, 3.63) is 35.6 Å². The molecule has 98 valence electrons. The molecular weight excluding hydrogens is 271 g/mol. The summed E-state index contributed by atoms with van der Waals surface area (Å²) in [7, 11) is 0. The SMILES string of the molecule is CCC(C)OC(=S)SCC(=O)c1ccc(F)cc1. The van der Waals surface area contributed by atoms with Crippen molar-refractivity contribution in [3.63, 3.8) is 0 Å². The Bertz CT molecular complexity index is 418. The Kier molecular flexibility index (Phi) is 6.29. The Labute approximate surface area is 116 Å². The number of thioether (sulfide) groups is 1. The lowest BCUT2D eigenvalue weighted by atomic mass is 10.1. The van der Waals surface area contributed by atoms with Gasteiger partial charge in [0.05, 0.1) is 11.9 Å². The summed E-state index contributed by atoms with van der Waals surface area (Å²) >= 11 is 6.21. The lowest BCUT2D eigenvalue weighted by Gasteiger charge is -2.12. The molecule has 0 aliphatic rings. The minimum atomic E-state index is -0.352. The standard InChI is InChI=1S/C13H15FO2S2/c1-3-9(2)16-13(17)18-8-12(15)10-4-6-11(14)7-5-10/h4-7,9H,3,8H2,1-2H3. The van der Waals surface area contributed by atoms with E-state index in [2.05, 4.69) is 0 Å². The van der Waals surface area contributed by atoms with E-state index in [9.17, 15) is 9.18 Å². The number of hydrogen-bond acceptors (Lipinski definition) is 4. The van der Waals surface area contributed by atoms with Crippen LogP contribution in [0.15, 0.2) is 24.3 Å². The van der Waals surface area contributed by atoms with E-state index < -0.39 is 0 Å². The van der Waals surface area contributed by atoms with Crippen LogP contribution in [0.3, 0.4) is 0 Å². The number of hydrogen-bond donors (Lipinski definition) is 0. The first-order valence-corrected chi connectivity index (χ1v) is 7.04. The average molecular weight is 286 g/mol. The molecule has 0 N–H and O–H groups in total. The number of benzene rings is 1. The number of ketones is 1. The van der Waals surface area contributed by atoms with Crippen LogP contribution in [0.5, 0.6) is 0 Å². The Morgan fingerprint density at radius 2 is 2.06 bits per heavy atom. The average Bonchev–Trinajstić information content (AvgIpc) is 2.36. The van der Waals surface area contributed by atoms with Crippen LogP contribution in [-0.2, 0) is 4.74 Å². The molecule has 0 fully saturated rings. The summed E-state index contributed by atoms with van der Waals surface area (Å²) in [6, 6.07) is 5.48. The second kappa shape index (κ2) is 7.48. The molecule has 0 heterocycles.